The van der Waals surface area contributed by atoms with Gasteiger partial charge in [0.2, 0.25) is 0 Å². The molecule has 0 aromatic heterocycles. The van der Waals surface area contributed by atoms with Crippen molar-refractivity contribution in [1.82, 2.24) is 4.90 Å². The van der Waals surface area contributed by atoms with E-state index in [0.717, 1.165) is 6.42 Å². The highest BCUT2D eigenvalue weighted by atomic mass is 16.6. The third-order valence-electron chi connectivity index (χ3n) is 3.35. The molecule has 1 saturated heterocycles. The maximum atomic E-state index is 12.2. The molecule has 0 saturated carbocycles. The Morgan fingerprint density at radius 3 is 2.50 bits per heavy atom. The summed E-state index contributed by atoms with van der Waals surface area (Å²) in [4.78, 5) is 25.5. The van der Waals surface area contributed by atoms with Crippen molar-refractivity contribution >= 4 is 12.1 Å². The molecule has 6 nitrogen and oxygen atoms in total. The summed E-state index contributed by atoms with van der Waals surface area (Å²) in [6, 6.07) is -0.625. The number of likely N-dealkylation sites (tertiary alicyclic amines) is 1. The van der Waals surface area contributed by atoms with Crippen LogP contribution in [-0.2, 0) is 14.3 Å². The third-order valence-corrected chi connectivity index (χ3v) is 3.35. The summed E-state index contributed by atoms with van der Waals surface area (Å²) >= 11 is 0. The first kappa shape index (κ1) is 16.8. The van der Waals surface area contributed by atoms with Gasteiger partial charge in [0.1, 0.15) is 11.6 Å². The molecular weight excluding hydrogens is 262 g/mol. The minimum absolute atomic E-state index is 0.0883. The SMILES string of the molecule is COC(=O)C1CC(CCO)CCN1C(=O)OC(C)(C)C. The number of methoxy groups -OCH3 is 1. The van der Waals surface area contributed by atoms with Crippen molar-refractivity contribution in [1.29, 1.82) is 0 Å². The van der Waals surface area contributed by atoms with Crippen molar-refractivity contribution in [3.05, 3.63) is 0 Å². The van der Waals surface area contributed by atoms with Crippen LogP contribution in [0.5, 0.6) is 0 Å². The van der Waals surface area contributed by atoms with Crippen LogP contribution >= 0.6 is 0 Å². The molecule has 1 amide bonds. The standard InChI is InChI=1S/C14H25NO5/c1-14(2,3)20-13(18)15-7-5-10(6-8-16)9-11(15)12(17)19-4/h10-11,16H,5-9H2,1-4H3. The van der Waals surface area contributed by atoms with Gasteiger partial charge in [-0.05, 0) is 46.0 Å². The fourth-order valence-corrected chi connectivity index (χ4v) is 2.38. The zero-order valence-electron chi connectivity index (χ0n) is 12.7. The lowest BCUT2D eigenvalue weighted by Gasteiger charge is -2.38. The topological polar surface area (TPSA) is 76.1 Å². The van der Waals surface area contributed by atoms with E-state index in [2.05, 4.69) is 0 Å². The fourth-order valence-electron chi connectivity index (χ4n) is 2.38. The Balaban J connectivity index is 2.77. The summed E-state index contributed by atoms with van der Waals surface area (Å²) in [6.45, 7) is 5.90. The van der Waals surface area contributed by atoms with Crippen molar-refractivity contribution in [2.24, 2.45) is 5.92 Å². The number of aliphatic hydroxyl groups is 1. The smallest absolute Gasteiger partial charge is 0.411 e. The van der Waals surface area contributed by atoms with Crippen molar-refractivity contribution in [2.75, 3.05) is 20.3 Å². The number of aliphatic hydroxyl groups excluding tert-OH is 1. The Bertz CT molecular complexity index is 350. The van der Waals surface area contributed by atoms with Gasteiger partial charge in [-0.3, -0.25) is 4.90 Å². The molecule has 2 atom stereocenters. The predicted molar refractivity (Wildman–Crippen MR) is 73.2 cm³/mol. The van der Waals surface area contributed by atoms with E-state index in [-0.39, 0.29) is 12.5 Å². The summed E-state index contributed by atoms with van der Waals surface area (Å²) in [5, 5.41) is 9.01. The lowest BCUT2D eigenvalue weighted by atomic mass is 9.89. The molecule has 1 fully saturated rings. The highest BCUT2D eigenvalue weighted by molar-refractivity contribution is 5.81. The van der Waals surface area contributed by atoms with Crippen molar-refractivity contribution < 1.29 is 24.2 Å². The quantitative estimate of drug-likeness (QED) is 0.797. The number of hydrogen-bond donors (Lipinski definition) is 1. The van der Waals surface area contributed by atoms with Crippen LogP contribution < -0.4 is 0 Å². The molecule has 0 aliphatic carbocycles. The van der Waals surface area contributed by atoms with Gasteiger partial charge in [0.15, 0.2) is 0 Å². The van der Waals surface area contributed by atoms with Crippen LogP contribution in [-0.4, -0.2) is 54.0 Å². The summed E-state index contributed by atoms with van der Waals surface area (Å²) in [7, 11) is 1.31. The molecule has 6 heteroatoms. The van der Waals surface area contributed by atoms with Gasteiger partial charge < -0.3 is 14.6 Å². The van der Waals surface area contributed by atoms with E-state index in [9.17, 15) is 9.59 Å². The molecule has 1 N–H and O–H groups in total. The summed E-state index contributed by atoms with van der Waals surface area (Å²) in [6.07, 6.45) is 1.41. The van der Waals surface area contributed by atoms with E-state index in [1.807, 2.05) is 0 Å². The highest BCUT2D eigenvalue weighted by Gasteiger charge is 2.38. The first-order valence-electron chi connectivity index (χ1n) is 6.96. The monoisotopic (exact) mass is 287 g/mol. The molecule has 0 aromatic carbocycles. The number of carbonyl (C=O) groups excluding carboxylic acids is 2. The Hall–Kier alpha value is -1.30. The second-order valence-electron chi connectivity index (χ2n) is 6.12. The van der Waals surface area contributed by atoms with Gasteiger partial charge in [-0.2, -0.15) is 0 Å². The highest BCUT2D eigenvalue weighted by Crippen LogP contribution is 2.27. The number of rotatable bonds is 3. The molecule has 0 radical (unpaired) electrons. The van der Waals surface area contributed by atoms with E-state index < -0.39 is 23.7 Å². The molecule has 1 heterocycles. The molecule has 1 aliphatic rings. The average Bonchev–Trinajstić information content (AvgIpc) is 2.36. The number of carbonyl (C=O) groups is 2. The second-order valence-corrected chi connectivity index (χ2v) is 6.12. The van der Waals surface area contributed by atoms with Gasteiger partial charge in [-0.1, -0.05) is 0 Å². The maximum Gasteiger partial charge on any atom is 0.411 e. The van der Waals surface area contributed by atoms with Gasteiger partial charge in [-0.25, -0.2) is 9.59 Å². The van der Waals surface area contributed by atoms with Gasteiger partial charge >= 0.3 is 12.1 Å². The molecule has 0 aromatic rings. The Labute approximate surface area is 120 Å². The lowest BCUT2D eigenvalue weighted by Crippen LogP contribution is -2.52. The normalized spacial score (nSPS) is 23.4. The van der Waals surface area contributed by atoms with Crippen LogP contribution in [0, 0.1) is 5.92 Å². The lowest BCUT2D eigenvalue weighted by molar-refractivity contribution is -0.149. The van der Waals surface area contributed by atoms with Crippen LogP contribution in [0.25, 0.3) is 0 Å². The van der Waals surface area contributed by atoms with E-state index in [0.29, 0.717) is 19.4 Å². The molecule has 0 bridgehead atoms. The number of nitrogens with zero attached hydrogens (tertiary/aromatic N) is 1. The zero-order chi connectivity index (χ0) is 15.3. The molecule has 116 valence electrons. The first-order chi connectivity index (χ1) is 9.28. The molecule has 1 rings (SSSR count). The minimum atomic E-state index is -0.625. The molecule has 0 spiro atoms. The van der Waals surface area contributed by atoms with Crippen molar-refractivity contribution in [3.8, 4) is 0 Å². The maximum absolute atomic E-state index is 12.2. The van der Waals surface area contributed by atoms with Gasteiger partial charge in [-0.15, -0.1) is 0 Å². The van der Waals surface area contributed by atoms with Crippen LogP contribution in [0.15, 0.2) is 0 Å². The first-order valence-corrected chi connectivity index (χ1v) is 6.96. The van der Waals surface area contributed by atoms with Gasteiger partial charge in [0.25, 0.3) is 0 Å². The average molecular weight is 287 g/mol. The van der Waals surface area contributed by atoms with Crippen molar-refractivity contribution in [2.45, 2.75) is 51.7 Å². The summed E-state index contributed by atoms with van der Waals surface area (Å²) in [5.74, 6) is -0.207. The molecule has 2 unspecified atom stereocenters. The summed E-state index contributed by atoms with van der Waals surface area (Å²) in [5.41, 5.74) is -0.598. The Kier molecular flexibility index (Phi) is 5.80. The summed E-state index contributed by atoms with van der Waals surface area (Å²) < 4.78 is 10.1. The fraction of sp³-hybridized carbons (Fsp3) is 0.857. The number of hydrogen-bond acceptors (Lipinski definition) is 5. The van der Waals surface area contributed by atoms with Crippen LogP contribution in [0.2, 0.25) is 0 Å². The number of amides is 1. The minimum Gasteiger partial charge on any atom is -0.467 e. The molecule has 20 heavy (non-hydrogen) atoms. The van der Waals surface area contributed by atoms with E-state index in [1.54, 1.807) is 20.8 Å². The number of esters is 1. The van der Waals surface area contributed by atoms with Gasteiger partial charge in [0.05, 0.1) is 7.11 Å². The largest absolute Gasteiger partial charge is 0.467 e. The van der Waals surface area contributed by atoms with E-state index >= 15 is 0 Å². The van der Waals surface area contributed by atoms with E-state index in [1.165, 1.54) is 12.0 Å². The van der Waals surface area contributed by atoms with Crippen LogP contribution in [0.3, 0.4) is 0 Å². The van der Waals surface area contributed by atoms with Gasteiger partial charge in [0, 0.05) is 13.2 Å². The van der Waals surface area contributed by atoms with Crippen LogP contribution in [0.4, 0.5) is 4.79 Å². The number of piperidine rings is 1. The van der Waals surface area contributed by atoms with E-state index in [4.69, 9.17) is 14.6 Å². The molecular formula is C14H25NO5. The molecule has 1 aliphatic heterocycles. The predicted octanol–water partition coefficient (Wildman–Crippen LogP) is 1.56. The Morgan fingerprint density at radius 2 is 2.00 bits per heavy atom. The van der Waals surface area contributed by atoms with Crippen molar-refractivity contribution in [3.63, 3.8) is 0 Å². The Morgan fingerprint density at radius 1 is 1.35 bits per heavy atom. The third kappa shape index (κ3) is 4.67. The zero-order valence-corrected chi connectivity index (χ0v) is 12.7. The number of ether oxygens (including phenoxy) is 2. The second kappa shape index (κ2) is 6.92. The van der Waals surface area contributed by atoms with Crippen LogP contribution in [0.1, 0.15) is 40.0 Å².